The topological polar surface area (TPSA) is 90.2 Å². The van der Waals surface area contributed by atoms with Crippen molar-refractivity contribution in [3.63, 3.8) is 0 Å². The summed E-state index contributed by atoms with van der Waals surface area (Å²) in [5, 5.41) is 35.6. The highest BCUT2D eigenvalue weighted by atomic mass is 16.5. The second-order valence-electron chi connectivity index (χ2n) is 2.44. The molecule has 1 heterocycles. The minimum Gasteiger partial charge on any atom is -0.393 e. The highest BCUT2D eigenvalue weighted by Crippen LogP contribution is 2.20. The van der Waals surface area contributed by atoms with Crippen LogP contribution in [-0.4, -0.2) is 52.0 Å². The zero-order chi connectivity index (χ0) is 8.43. The van der Waals surface area contributed by atoms with Gasteiger partial charge in [0.25, 0.3) is 0 Å². The third-order valence-electron chi connectivity index (χ3n) is 1.64. The summed E-state index contributed by atoms with van der Waals surface area (Å²) in [6.45, 7) is -0.529. The minimum absolute atomic E-state index is 0.00259. The van der Waals surface area contributed by atoms with Crippen molar-refractivity contribution in [1.82, 2.24) is 0 Å². The number of hydrogen-bond acceptors (Lipinski definition) is 5. The van der Waals surface area contributed by atoms with E-state index in [-0.39, 0.29) is 12.7 Å². The van der Waals surface area contributed by atoms with Crippen LogP contribution in [0, 0.1) is 6.10 Å². The molecule has 0 aromatic carbocycles. The zero-order valence-electron chi connectivity index (χ0n) is 5.84. The van der Waals surface area contributed by atoms with E-state index in [1.807, 2.05) is 0 Å². The second kappa shape index (κ2) is 3.46. The molecule has 1 saturated heterocycles. The molecule has 3 atom stereocenters. The molecule has 1 aliphatic heterocycles. The molecule has 0 bridgehead atoms. The number of ether oxygens (including phenoxy) is 1. The first-order chi connectivity index (χ1) is 5.16. The van der Waals surface area contributed by atoms with Crippen molar-refractivity contribution < 1.29 is 25.2 Å². The van der Waals surface area contributed by atoms with E-state index in [1.54, 1.807) is 0 Å². The molecular formula is C6H11O5. The minimum atomic E-state index is -1.29. The molecule has 65 valence electrons. The molecule has 11 heavy (non-hydrogen) atoms. The Hall–Kier alpha value is -0.200. The largest absolute Gasteiger partial charge is 0.393 e. The second-order valence-corrected chi connectivity index (χ2v) is 2.44. The molecule has 0 spiro atoms. The van der Waals surface area contributed by atoms with Crippen LogP contribution in [0.15, 0.2) is 0 Å². The van der Waals surface area contributed by atoms with Gasteiger partial charge in [-0.05, 0) is 0 Å². The average Bonchev–Trinajstić information content (AvgIpc) is 2.01. The molecular weight excluding hydrogens is 152 g/mol. The summed E-state index contributed by atoms with van der Waals surface area (Å²) in [5.41, 5.74) is 0. The first-order valence-corrected chi connectivity index (χ1v) is 3.30. The van der Waals surface area contributed by atoms with E-state index in [4.69, 9.17) is 25.2 Å². The lowest BCUT2D eigenvalue weighted by atomic mass is 10.0. The molecule has 0 saturated carbocycles. The van der Waals surface area contributed by atoms with Crippen molar-refractivity contribution in [1.29, 1.82) is 0 Å². The predicted molar refractivity (Wildman–Crippen MR) is 34.3 cm³/mol. The lowest BCUT2D eigenvalue weighted by molar-refractivity contribution is -0.153. The zero-order valence-corrected chi connectivity index (χ0v) is 5.84. The van der Waals surface area contributed by atoms with Crippen LogP contribution in [-0.2, 0) is 4.74 Å². The molecule has 5 heteroatoms. The first-order valence-electron chi connectivity index (χ1n) is 3.30. The lowest BCUT2D eigenvalue weighted by Gasteiger charge is -2.33. The predicted octanol–water partition coefficient (Wildman–Crippen LogP) is -2.38. The summed E-state index contributed by atoms with van der Waals surface area (Å²) in [6.07, 6.45) is -3.63. The highest BCUT2D eigenvalue weighted by molar-refractivity contribution is 4.98. The van der Waals surface area contributed by atoms with E-state index < -0.39 is 24.9 Å². The van der Waals surface area contributed by atoms with Crippen molar-refractivity contribution in [2.75, 3.05) is 13.2 Å². The third-order valence-corrected chi connectivity index (χ3v) is 1.64. The SMILES string of the molecule is OC[C]1OC[C@@H](O)[C@H](O)[C@@H]1O. The van der Waals surface area contributed by atoms with Gasteiger partial charge >= 0.3 is 0 Å². The van der Waals surface area contributed by atoms with E-state index in [1.165, 1.54) is 0 Å². The van der Waals surface area contributed by atoms with Gasteiger partial charge in [-0.1, -0.05) is 0 Å². The van der Waals surface area contributed by atoms with Crippen LogP contribution >= 0.6 is 0 Å². The Bertz CT molecular complexity index is 126. The Morgan fingerprint density at radius 1 is 1.36 bits per heavy atom. The number of aliphatic hydroxyl groups excluding tert-OH is 4. The van der Waals surface area contributed by atoms with Crippen molar-refractivity contribution in [2.24, 2.45) is 0 Å². The van der Waals surface area contributed by atoms with Gasteiger partial charge in [-0.2, -0.15) is 0 Å². The van der Waals surface area contributed by atoms with Crippen LogP contribution in [0.3, 0.4) is 0 Å². The number of rotatable bonds is 1. The van der Waals surface area contributed by atoms with Crippen LogP contribution in [0.1, 0.15) is 0 Å². The van der Waals surface area contributed by atoms with Gasteiger partial charge in [-0.25, -0.2) is 0 Å². The van der Waals surface area contributed by atoms with E-state index in [9.17, 15) is 0 Å². The molecule has 0 aromatic rings. The fourth-order valence-corrected chi connectivity index (χ4v) is 0.916. The number of hydrogen-bond donors (Lipinski definition) is 4. The van der Waals surface area contributed by atoms with Crippen LogP contribution in [0.4, 0.5) is 0 Å². The smallest absolute Gasteiger partial charge is 0.153 e. The van der Waals surface area contributed by atoms with Crippen molar-refractivity contribution >= 4 is 0 Å². The van der Waals surface area contributed by atoms with Gasteiger partial charge in [0.1, 0.15) is 18.3 Å². The van der Waals surface area contributed by atoms with Crippen molar-refractivity contribution in [3.05, 3.63) is 6.10 Å². The van der Waals surface area contributed by atoms with Crippen LogP contribution < -0.4 is 0 Å². The summed E-state index contributed by atoms with van der Waals surface area (Å²) in [4.78, 5) is 0. The maximum absolute atomic E-state index is 9.08. The Balaban J connectivity index is 2.52. The highest BCUT2D eigenvalue weighted by Gasteiger charge is 2.37. The average molecular weight is 163 g/mol. The Kier molecular flexibility index (Phi) is 2.80. The molecule has 0 amide bonds. The van der Waals surface area contributed by atoms with Crippen molar-refractivity contribution in [2.45, 2.75) is 18.3 Å². The maximum Gasteiger partial charge on any atom is 0.153 e. The van der Waals surface area contributed by atoms with Crippen LogP contribution in [0.2, 0.25) is 0 Å². The van der Waals surface area contributed by atoms with Crippen molar-refractivity contribution in [3.8, 4) is 0 Å². The molecule has 0 aromatic heterocycles. The standard InChI is InChI=1S/C6H11O5/c7-1-4-6(10)5(9)3(8)2-11-4/h3,5-10H,1-2H2/t3-,5+,6-/m1/s1. The molecule has 4 N–H and O–H groups in total. The molecule has 5 nitrogen and oxygen atoms in total. The quantitative estimate of drug-likeness (QED) is 0.346. The molecule has 1 rings (SSSR count). The molecule has 1 radical (unpaired) electrons. The Morgan fingerprint density at radius 2 is 2.00 bits per heavy atom. The molecule has 0 aliphatic carbocycles. The summed E-state index contributed by atoms with van der Waals surface area (Å²) in [7, 11) is 0. The Morgan fingerprint density at radius 3 is 2.55 bits per heavy atom. The normalized spacial score (nSPS) is 40.9. The van der Waals surface area contributed by atoms with Crippen LogP contribution in [0.25, 0.3) is 0 Å². The van der Waals surface area contributed by atoms with Gasteiger partial charge in [0.05, 0.1) is 13.2 Å². The van der Waals surface area contributed by atoms with E-state index >= 15 is 0 Å². The first kappa shape index (κ1) is 8.89. The third kappa shape index (κ3) is 1.69. The monoisotopic (exact) mass is 163 g/mol. The fraction of sp³-hybridized carbons (Fsp3) is 0.833. The maximum atomic E-state index is 9.08. The summed E-state index contributed by atoms with van der Waals surface area (Å²) >= 11 is 0. The summed E-state index contributed by atoms with van der Waals surface area (Å²) in [6, 6.07) is 0. The lowest BCUT2D eigenvalue weighted by Crippen LogP contribution is -2.50. The fourth-order valence-electron chi connectivity index (χ4n) is 0.916. The number of aliphatic hydroxyl groups is 4. The Labute approximate surface area is 63.8 Å². The van der Waals surface area contributed by atoms with Gasteiger partial charge in [-0.3, -0.25) is 0 Å². The summed E-state index contributed by atoms with van der Waals surface area (Å²) < 4.78 is 4.73. The van der Waals surface area contributed by atoms with Gasteiger partial charge in [0.15, 0.2) is 6.10 Å². The van der Waals surface area contributed by atoms with Crippen LogP contribution in [0.5, 0.6) is 0 Å². The van der Waals surface area contributed by atoms with E-state index in [0.717, 1.165) is 0 Å². The van der Waals surface area contributed by atoms with Gasteiger partial charge in [-0.15, -0.1) is 0 Å². The molecule has 1 aliphatic rings. The molecule has 1 fully saturated rings. The van der Waals surface area contributed by atoms with E-state index in [0.29, 0.717) is 0 Å². The molecule has 0 unspecified atom stereocenters. The van der Waals surface area contributed by atoms with Gasteiger partial charge < -0.3 is 25.2 Å². The van der Waals surface area contributed by atoms with Gasteiger partial charge in [0.2, 0.25) is 0 Å². The summed E-state index contributed by atoms with van der Waals surface area (Å²) in [5.74, 6) is 0. The van der Waals surface area contributed by atoms with Gasteiger partial charge in [0, 0.05) is 0 Å². The van der Waals surface area contributed by atoms with E-state index in [2.05, 4.69) is 0 Å².